The van der Waals surface area contributed by atoms with Crippen molar-refractivity contribution in [3.05, 3.63) is 28.4 Å². The van der Waals surface area contributed by atoms with Crippen LogP contribution in [0.4, 0.5) is 0 Å². The standard InChI is InChI=1S/C14H21ClN2O/c15-9-4-5-10-17-11-8-13(16-14(17)18)12-6-2-1-3-7-12/h8,11-12H,1-7,9-10H2. The van der Waals surface area contributed by atoms with Crippen molar-refractivity contribution >= 4 is 11.6 Å². The van der Waals surface area contributed by atoms with Crippen molar-refractivity contribution in [2.75, 3.05) is 5.88 Å². The lowest BCUT2D eigenvalue weighted by Gasteiger charge is -2.20. The lowest BCUT2D eigenvalue weighted by molar-refractivity contribution is 0.433. The average molecular weight is 269 g/mol. The van der Waals surface area contributed by atoms with E-state index in [2.05, 4.69) is 4.98 Å². The number of unbranched alkanes of at least 4 members (excludes halogenated alkanes) is 1. The van der Waals surface area contributed by atoms with Gasteiger partial charge in [-0.2, -0.15) is 4.98 Å². The Morgan fingerprint density at radius 3 is 2.72 bits per heavy atom. The van der Waals surface area contributed by atoms with Gasteiger partial charge >= 0.3 is 5.69 Å². The van der Waals surface area contributed by atoms with Crippen molar-refractivity contribution in [1.29, 1.82) is 0 Å². The Bertz CT molecular complexity index is 424. The SMILES string of the molecule is O=c1nc(C2CCCCC2)ccn1CCCCCl. The Hall–Kier alpha value is -0.830. The van der Waals surface area contributed by atoms with Gasteiger partial charge in [-0.3, -0.25) is 4.57 Å². The lowest BCUT2D eigenvalue weighted by atomic mass is 9.87. The molecule has 0 unspecified atom stereocenters. The van der Waals surface area contributed by atoms with Gasteiger partial charge in [0.15, 0.2) is 0 Å². The molecule has 0 aliphatic heterocycles. The number of nitrogens with zero attached hydrogens (tertiary/aromatic N) is 2. The normalized spacial score (nSPS) is 16.9. The molecule has 1 heterocycles. The van der Waals surface area contributed by atoms with Crippen molar-refractivity contribution in [1.82, 2.24) is 9.55 Å². The molecule has 0 atom stereocenters. The first-order valence-electron chi connectivity index (χ1n) is 6.94. The smallest absolute Gasteiger partial charge is 0.299 e. The van der Waals surface area contributed by atoms with Gasteiger partial charge < -0.3 is 0 Å². The number of alkyl halides is 1. The molecule has 3 nitrogen and oxygen atoms in total. The van der Waals surface area contributed by atoms with Gasteiger partial charge in [-0.25, -0.2) is 4.79 Å². The third-order valence-electron chi connectivity index (χ3n) is 3.70. The quantitative estimate of drug-likeness (QED) is 0.607. The Balaban J connectivity index is 2.02. The van der Waals surface area contributed by atoms with Crippen LogP contribution in [-0.4, -0.2) is 15.4 Å². The molecule has 1 fully saturated rings. The van der Waals surface area contributed by atoms with Crippen molar-refractivity contribution < 1.29 is 0 Å². The van der Waals surface area contributed by atoms with Crippen LogP contribution in [0, 0.1) is 0 Å². The van der Waals surface area contributed by atoms with E-state index < -0.39 is 0 Å². The topological polar surface area (TPSA) is 34.9 Å². The summed E-state index contributed by atoms with van der Waals surface area (Å²) in [7, 11) is 0. The molecule has 1 saturated carbocycles. The minimum Gasteiger partial charge on any atom is -0.299 e. The molecule has 0 radical (unpaired) electrons. The van der Waals surface area contributed by atoms with Gasteiger partial charge in [-0.1, -0.05) is 19.3 Å². The molecule has 0 amide bonds. The zero-order valence-corrected chi connectivity index (χ0v) is 11.5. The third-order valence-corrected chi connectivity index (χ3v) is 3.97. The molecular formula is C14H21ClN2O. The van der Waals surface area contributed by atoms with Gasteiger partial charge in [0.2, 0.25) is 0 Å². The minimum absolute atomic E-state index is 0.104. The highest BCUT2D eigenvalue weighted by Crippen LogP contribution is 2.30. The van der Waals surface area contributed by atoms with Crippen LogP contribution in [0.15, 0.2) is 17.1 Å². The largest absolute Gasteiger partial charge is 0.347 e. The van der Waals surface area contributed by atoms with E-state index in [0.717, 1.165) is 25.1 Å². The van der Waals surface area contributed by atoms with Gasteiger partial charge in [0.05, 0.1) is 5.69 Å². The van der Waals surface area contributed by atoms with Gasteiger partial charge in [0, 0.05) is 24.5 Å². The van der Waals surface area contributed by atoms with Crippen LogP contribution in [0.3, 0.4) is 0 Å². The summed E-state index contributed by atoms with van der Waals surface area (Å²) in [6, 6.07) is 2.03. The molecule has 1 aliphatic rings. The summed E-state index contributed by atoms with van der Waals surface area (Å²) in [5.74, 6) is 1.16. The number of hydrogen-bond acceptors (Lipinski definition) is 2. The fraction of sp³-hybridized carbons (Fsp3) is 0.714. The van der Waals surface area contributed by atoms with Gasteiger partial charge in [-0.05, 0) is 31.7 Å². The van der Waals surface area contributed by atoms with Gasteiger partial charge in [0.1, 0.15) is 0 Å². The first-order chi connectivity index (χ1) is 8.81. The maximum atomic E-state index is 11.9. The zero-order chi connectivity index (χ0) is 12.8. The highest BCUT2D eigenvalue weighted by Gasteiger charge is 2.17. The predicted octanol–water partition coefficient (Wildman–Crippen LogP) is 3.31. The van der Waals surface area contributed by atoms with E-state index in [1.165, 1.54) is 32.1 Å². The summed E-state index contributed by atoms with van der Waals surface area (Å²) in [4.78, 5) is 16.1. The number of aromatic nitrogens is 2. The second kappa shape index (κ2) is 6.93. The molecule has 4 heteroatoms. The van der Waals surface area contributed by atoms with Crippen LogP contribution in [0.2, 0.25) is 0 Å². The molecule has 1 aromatic heterocycles. The molecule has 2 rings (SSSR count). The van der Waals surface area contributed by atoms with E-state index >= 15 is 0 Å². The summed E-state index contributed by atoms with van der Waals surface area (Å²) in [5.41, 5.74) is 0.890. The van der Waals surface area contributed by atoms with Crippen molar-refractivity contribution in [3.63, 3.8) is 0 Å². The summed E-state index contributed by atoms with van der Waals surface area (Å²) >= 11 is 5.63. The molecule has 1 aromatic rings. The van der Waals surface area contributed by atoms with Crippen molar-refractivity contribution in [2.24, 2.45) is 0 Å². The van der Waals surface area contributed by atoms with Gasteiger partial charge in [-0.15, -0.1) is 11.6 Å². The first-order valence-corrected chi connectivity index (χ1v) is 7.48. The number of rotatable bonds is 5. The first kappa shape index (κ1) is 13.6. The third kappa shape index (κ3) is 3.58. The molecule has 0 aromatic carbocycles. The summed E-state index contributed by atoms with van der Waals surface area (Å²) < 4.78 is 1.69. The van der Waals surface area contributed by atoms with Crippen LogP contribution in [-0.2, 0) is 6.54 Å². The van der Waals surface area contributed by atoms with E-state index in [-0.39, 0.29) is 5.69 Å². The number of halogens is 1. The van der Waals surface area contributed by atoms with Crippen molar-refractivity contribution in [2.45, 2.75) is 57.4 Å². The molecule has 100 valence electrons. The fourth-order valence-corrected chi connectivity index (χ4v) is 2.80. The van der Waals surface area contributed by atoms with Crippen LogP contribution >= 0.6 is 11.6 Å². The summed E-state index contributed by atoms with van der Waals surface area (Å²) in [6.07, 6.45) is 10.0. The average Bonchev–Trinajstić information content (AvgIpc) is 2.42. The van der Waals surface area contributed by atoms with E-state index in [1.54, 1.807) is 4.57 Å². The Morgan fingerprint density at radius 1 is 1.28 bits per heavy atom. The highest BCUT2D eigenvalue weighted by molar-refractivity contribution is 6.17. The van der Waals surface area contributed by atoms with Crippen LogP contribution in [0.5, 0.6) is 0 Å². The minimum atomic E-state index is -0.104. The number of hydrogen-bond donors (Lipinski definition) is 0. The monoisotopic (exact) mass is 268 g/mol. The van der Waals surface area contributed by atoms with Crippen LogP contribution in [0.25, 0.3) is 0 Å². The fourth-order valence-electron chi connectivity index (χ4n) is 2.61. The Kier molecular flexibility index (Phi) is 5.24. The van der Waals surface area contributed by atoms with E-state index in [0.29, 0.717) is 11.8 Å². The van der Waals surface area contributed by atoms with Gasteiger partial charge in [0.25, 0.3) is 0 Å². The molecule has 0 saturated heterocycles. The van der Waals surface area contributed by atoms with E-state index in [1.807, 2.05) is 12.3 Å². The highest BCUT2D eigenvalue weighted by atomic mass is 35.5. The predicted molar refractivity (Wildman–Crippen MR) is 74.3 cm³/mol. The molecular weight excluding hydrogens is 248 g/mol. The van der Waals surface area contributed by atoms with Crippen molar-refractivity contribution in [3.8, 4) is 0 Å². The van der Waals surface area contributed by atoms with E-state index in [4.69, 9.17) is 11.6 Å². The second-order valence-corrected chi connectivity index (χ2v) is 5.44. The van der Waals surface area contributed by atoms with E-state index in [9.17, 15) is 4.79 Å². The maximum absolute atomic E-state index is 11.9. The number of aryl methyl sites for hydroxylation is 1. The Labute approximate surface area is 113 Å². The zero-order valence-electron chi connectivity index (χ0n) is 10.8. The lowest BCUT2D eigenvalue weighted by Crippen LogP contribution is -2.25. The maximum Gasteiger partial charge on any atom is 0.347 e. The Morgan fingerprint density at radius 2 is 2.06 bits per heavy atom. The second-order valence-electron chi connectivity index (χ2n) is 5.06. The molecule has 0 spiro atoms. The van der Waals surface area contributed by atoms with Crippen LogP contribution in [0.1, 0.15) is 56.6 Å². The summed E-state index contributed by atoms with van der Waals surface area (Å²) in [5, 5.41) is 0. The molecule has 18 heavy (non-hydrogen) atoms. The summed E-state index contributed by atoms with van der Waals surface area (Å²) in [6.45, 7) is 0.726. The molecule has 0 N–H and O–H groups in total. The van der Waals surface area contributed by atoms with Crippen LogP contribution < -0.4 is 5.69 Å². The molecule has 0 bridgehead atoms. The molecule has 1 aliphatic carbocycles.